The van der Waals surface area contributed by atoms with Crippen LogP contribution >= 0.6 is 0 Å². The molecular weight excluding hydrogens is 352 g/mol. The van der Waals surface area contributed by atoms with Crippen LogP contribution in [0.2, 0.25) is 0 Å². The Morgan fingerprint density at radius 2 is 1.88 bits per heavy atom. The van der Waals surface area contributed by atoms with Gasteiger partial charge in [-0.25, -0.2) is 4.98 Å². The monoisotopic (exact) mass is 357 g/mol. The van der Waals surface area contributed by atoms with Gasteiger partial charge in [-0.15, -0.1) is 23.1 Å². The van der Waals surface area contributed by atoms with Gasteiger partial charge in [0, 0.05) is 6.07 Å². The maximum absolute atomic E-state index is 13.0. The summed E-state index contributed by atoms with van der Waals surface area (Å²) in [5.41, 5.74) is -2.85. The van der Waals surface area contributed by atoms with E-state index in [1.807, 2.05) is 0 Å². The molecule has 14 heteroatoms. The first-order chi connectivity index (χ1) is 11.0. The van der Waals surface area contributed by atoms with Gasteiger partial charge in [-0.2, -0.15) is 18.3 Å². The van der Waals surface area contributed by atoms with Crippen LogP contribution in [-0.4, -0.2) is 31.3 Å². The first-order valence-electron chi connectivity index (χ1n) is 5.81. The Kier molecular flexibility index (Phi) is 4.42. The third-order valence-corrected chi connectivity index (χ3v) is 2.48. The summed E-state index contributed by atoms with van der Waals surface area (Å²) < 4.78 is 78.1. The molecule has 0 aliphatic rings. The lowest BCUT2D eigenvalue weighted by molar-refractivity contribution is -0.385. The molecule has 0 spiro atoms. The highest BCUT2D eigenvalue weighted by Gasteiger charge is 2.37. The van der Waals surface area contributed by atoms with E-state index in [2.05, 4.69) is 19.9 Å². The molecule has 0 bridgehead atoms. The number of alkyl halides is 6. The summed E-state index contributed by atoms with van der Waals surface area (Å²) in [7, 11) is 0. The molecule has 2 aromatic heterocycles. The molecule has 0 aliphatic carbocycles. The number of aromatic nitrogens is 4. The van der Waals surface area contributed by atoms with E-state index in [9.17, 15) is 36.5 Å². The van der Waals surface area contributed by atoms with Crippen LogP contribution in [-0.2, 0) is 17.5 Å². The van der Waals surface area contributed by atoms with Gasteiger partial charge < -0.3 is 0 Å². The Hall–Kier alpha value is -2.77. The number of hydrogen-bond acceptors (Lipinski definition) is 6. The molecule has 24 heavy (non-hydrogen) atoms. The lowest BCUT2D eigenvalue weighted by Crippen LogP contribution is -2.15. The quantitative estimate of drug-likeness (QED) is 0.474. The average molecular weight is 357 g/mol. The van der Waals surface area contributed by atoms with Crippen molar-refractivity contribution in [2.75, 3.05) is 0 Å². The standard InChI is InChI=1S/C10H5F6N5O3/c11-9(12,13)7-1-6(21(22)23)3-17-8(7)20-18-2-5(19-20)4-24-10(14,15)16/h1-3H,4H2. The van der Waals surface area contributed by atoms with Gasteiger partial charge in [0.25, 0.3) is 5.69 Å². The Morgan fingerprint density at radius 1 is 1.21 bits per heavy atom. The minimum absolute atomic E-state index is 0.220. The summed E-state index contributed by atoms with van der Waals surface area (Å²) in [6.45, 7) is -1.07. The van der Waals surface area contributed by atoms with Crippen molar-refractivity contribution < 1.29 is 36.0 Å². The summed E-state index contributed by atoms with van der Waals surface area (Å²) in [5.74, 6) is -0.925. The van der Waals surface area contributed by atoms with Crippen LogP contribution in [0.15, 0.2) is 18.5 Å². The Bertz CT molecular complexity index is 756. The molecule has 0 saturated heterocycles. The lowest BCUT2D eigenvalue weighted by atomic mass is 10.2. The second kappa shape index (κ2) is 6.03. The second-order valence-electron chi connectivity index (χ2n) is 4.18. The fraction of sp³-hybridized carbons (Fsp3) is 0.300. The number of halogens is 6. The van der Waals surface area contributed by atoms with E-state index < -0.39 is 46.8 Å². The predicted molar refractivity (Wildman–Crippen MR) is 61.7 cm³/mol. The molecular formula is C10H5F6N5O3. The van der Waals surface area contributed by atoms with E-state index in [4.69, 9.17) is 0 Å². The zero-order chi connectivity index (χ0) is 18.1. The summed E-state index contributed by atoms with van der Waals surface area (Å²) in [6.07, 6.45) is -8.69. The van der Waals surface area contributed by atoms with Gasteiger partial charge in [0.05, 0.1) is 11.1 Å². The fourth-order valence-corrected chi connectivity index (χ4v) is 1.53. The summed E-state index contributed by atoms with van der Waals surface area (Å²) in [6, 6.07) is 0.220. The number of rotatable bonds is 4. The molecule has 2 aromatic rings. The summed E-state index contributed by atoms with van der Waals surface area (Å²) >= 11 is 0. The molecule has 0 unspecified atom stereocenters. The van der Waals surface area contributed by atoms with E-state index in [1.54, 1.807) is 0 Å². The third-order valence-electron chi connectivity index (χ3n) is 2.48. The van der Waals surface area contributed by atoms with E-state index >= 15 is 0 Å². The maximum Gasteiger partial charge on any atom is 0.522 e. The zero-order valence-corrected chi connectivity index (χ0v) is 11.2. The molecule has 0 fully saturated rings. The topological polar surface area (TPSA) is 96.0 Å². The second-order valence-corrected chi connectivity index (χ2v) is 4.18. The highest BCUT2D eigenvalue weighted by molar-refractivity contribution is 5.42. The SMILES string of the molecule is O=[N+]([O-])c1cnc(-n2ncc(COC(F)(F)F)n2)c(C(F)(F)F)c1. The van der Waals surface area contributed by atoms with Crippen LogP contribution in [0, 0.1) is 10.1 Å². The number of hydrogen-bond donors (Lipinski definition) is 0. The largest absolute Gasteiger partial charge is 0.522 e. The molecule has 0 aliphatic heterocycles. The molecule has 2 rings (SSSR count). The normalized spacial score (nSPS) is 12.4. The minimum Gasteiger partial charge on any atom is -0.285 e. The number of nitro groups is 1. The van der Waals surface area contributed by atoms with Crippen molar-refractivity contribution in [2.24, 2.45) is 0 Å². The van der Waals surface area contributed by atoms with E-state index in [0.29, 0.717) is 11.0 Å². The van der Waals surface area contributed by atoms with E-state index in [1.165, 1.54) is 0 Å². The van der Waals surface area contributed by atoms with Crippen molar-refractivity contribution in [3.05, 3.63) is 39.8 Å². The van der Waals surface area contributed by atoms with Gasteiger partial charge in [-0.1, -0.05) is 0 Å². The van der Waals surface area contributed by atoms with Crippen LogP contribution in [0.5, 0.6) is 0 Å². The third kappa shape index (κ3) is 4.15. The Morgan fingerprint density at radius 3 is 2.42 bits per heavy atom. The minimum atomic E-state index is -5.02. The Balaban J connectivity index is 2.38. The van der Waals surface area contributed by atoms with Gasteiger partial charge in [-0.05, 0) is 0 Å². The van der Waals surface area contributed by atoms with Crippen LogP contribution in [0.1, 0.15) is 11.3 Å². The van der Waals surface area contributed by atoms with Crippen molar-refractivity contribution in [2.45, 2.75) is 19.1 Å². The average Bonchev–Trinajstić information content (AvgIpc) is 2.91. The molecule has 0 aromatic carbocycles. The molecule has 0 atom stereocenters. The van der Waals surface area contributed by atoms with Crippen molar-refractivity contribution >= 4 is 5.69 Å². The van der Waals surface area contributed by atoms with Crippen molar-refractivity contribution in [3.63, 3.8) is 0 Å². The summed E-state index contributed by atoms with van der Waals surface area (Å²) in [4.78, 5) is 13.0. The molecule has 130 valence electrons. The molecule has 0 N–H and O–H groups in total. The molecule has 0 amide bonds. The first-order valence-corrected chi connectivity index (χ1v) is 5.81. The van der Waals surface area contributed by atoms with Gasteiger partial charge in [0.1, 0.15) is 24.1 Å². The molecule has 2 heterocycles. The van der Waals surface area contributed by atoms with Crippen LogP contribution < -0.4 is 0 Å². The molecule has 0 saturated carbocycles. The fourth-order valence-electron chi connectivity index (χ4n) is 1.53. The zero-order valence-electron chi connectivity index (χ0n) is 11.2. The van der Waals surface area contributed by atoms with Crippen LogP contribution in [0.4, 0.5) is 32.0 Å². The number of pyridine rings is 1. The maximum atomic E-state index is 13.0. The van der Waals surface area contributed by atoms with Gasteiger partial charge in [0.2, 0.25) is 0 Å². The Labute approximate surface area is 127 Å². The highest BCUT2D eigenvalue weighted by atomic mass is 19.4. The molecule has 8 nitrogen and oxygen atoms in total. The summed E-state index contributed by atoms with van der Waals surface area (Å²) in [5, 5.41) is 17.3. The van der Waals surface area contributed by atoms with Gasteiger partial charge in [-0.3, -0.25) is 14.9 Å². The highest BCUT2D eigenvalue weighted by Crippen LogP contribution is 2.34. The van der Waals surface area contributed by atoms with Gasteiger partial charge in [0.15, 0.2) is 5.82 Å². The van der Waals surface area contributed by atoms with E-state index in [-0.39, 0.29) is 6.07 Å². The van der Waals surface area contributed by atoms with Crippen LogP contribution in [0.3, 0.4) is 0 Å². The van der Waals surface area contributed by atoms with Crippen molar-refractivity contribution in [1.82, 2.24) is 20.0 Å². The van der Waals surface area contributed by atoms with Crippen LogP contribution in [0.25, 0.3) is 5.82 Å². The molecule has 0 radical (unpaired) electrons. The van der Waals surface area contributed by atoms with Gasteiger partial charge >= 0.3 is 12.5 Å². The van der Waals surface area contributed by atoms with Crippen molar-refractivity contribution in [1.29, 1.82) is 0 Å². The smallest absolute Gasteiger partial charge is 0.285 e. The van der Waals surface area contributed by atoms with Crippen molar-refractivity contribution in [3.8, 4) is 5.82 Å². The lowest BCUT2D eigenvalue weighted by Gasteiger charge is -2.10. The van der Waals surface area contributed by atoms with E-state index in [0.717, 1.165) is 6.20 Å². The number of nitrogens with zero attached hydrogens (tertiary/aromatic N) is 5. The predicted octanol–water partition coefficient (Wildman–Crippen LogP) is 2.63. The number of ether oxygens (including phenoxy) is 1. The first kappa shape index (κ1) is 17.6.